The number of halogens is 1. The van der Waals surface area contributed by atoms with E-state index in [0.29, 0.717) is 23.4 Å². The van der Waals surface area contributed by atoms with E-state index in [1.165, 1.54) is 6.07 Å². The lowest BCUT2D eigenvalue weighted by Gasteiger charge is -2.23. The Hall–Kier alpha value is -2.09. The van der Waals surface area contributed by atoms with Crippen LogP contribution in [0.25, 0.3) is 0 Å². The van der Waals surface area contributed by atoms with Gasteiger partial charge in [0.2, 0.25) is 5.91 Å². The van der Waals surface area contributed by atoms with Gasteiger partial charge in [-0.1, -0.05) is 31.5 Å². The van der Waals surface area contributed by atoms with Crippen LogP contribution in [0.1, 0.15) is 37.8 Å². The number of aryl methyl sites for hydroxylation is 2. The van der Waals surface area contributed by atoms with Gasteiger partial charge in [-0.15, -0.1) is 12.4 Å². The summed E-state index contributed by atoms with van der Waals surface area (Å²) in [5.41, 5.74) is 7.44. The number of anilines is 2. The molecule has 2 aromatic carbocycles. The summed E-state index contributed by atoms with van der Waals surface area (Å²) in [6, 6.07) is 11.9. The van der Waals surface area contributed by atoms with E-state index in [2.05, 4.69) is 10.0 Å². The van der Waals surface area contributed by atoms with E-state index in [1.807, 2.05) is 19.9 Å². The molecule has 0 bridgehead atoms. The number of carbonyl (C=O) groups is 1. The molecule has 4 N–H and O–H groups in total. The van der Waals surface area contributed by atoms with Crippen molar-refractivity contribution in [1.29, 1.82) is 0 Å². The summed E-state index contributed by atoms with van der Waals surface area (Å²) in [5.74, 6) is -0.344. The second-order valence-electron chi connectivity index (χ2n) is 7.08. The molecule has 2 aromatic rings. The maximum absolute atomic E-state index is 12.8. The lowest BCUT2D eigenvalue weighted by molar-refractivity contribution is -0.120. The third kappa shape index (κ3) is 5.95. The Bertz CT molecular complexity index is 943. The van der Waals surface area contributed by atoms with Crippen LogP contribution in [0.4, 0.5) is 11.4 Å². The highest BCUT2D eigenvalue weighted by Crippen LogP contribution is 2.24. The smallest absolute Gasteiger partial charge is 0.262 e. The van der Waals surface area contributed by atoms with Crippen LogP contribution in [0.15, 0.2) is 47.4 Å². The molecule has 1 atom stereocenters. The van der Waals surface area contributed by atoms with E-state index < -0.39 is 15.6 Å². The van der Waals surface area contributed by atoms with Gasteiger partial charge in [0.15, 0.2) is 0 Å². The van der Waals surface area contributed by atoms with Crippen molar-refractivity contribution >= 4 is 39.7 Å². The molecule has 28 heavy (non-hydrogen) atoms. The predicted molar refractivity (Wildman–Crippen MR) is 117 cm³/mol. The second-order valence-corrected chi connectivity index (χ2v) is 8.73. The topological polar surface area (TPSA) is 101 Å². The Labute approximate surface area is 173 Å². The number of hydrogen-bond donors (Lipinski definition) is 3. The summed E-state index contributed by atoms with van der Waals surface area (Å²) in [7, 11) is -3.80. The number of amides is 1. The number of nitrogens with two attached hydrogens (primary N) is 1. The molecule has 0 saturated heterocycles. The summed E-state index contributed by atoms with van der Waals surface area (Å²) in [5, 5.41) is 2.72. The van der Waals surface area contributed by atoms with E-state index in [1.54, 1.807) is 44.2 Å². The fourth-order valence-electron chi connectivity index (χ4n) is 2.79. The highest BCUT2D eigenvalue weighted by Gasteiger charge is 2.27. The molecular weight excluding hydrogens is 398 g/mol. The first kappa shape index (κ1) is 23.9. The van der Waals surface area contributed by atoms with Crippen molar-refractivity contribution in [3.05, 3.63) is 53.6 Å². The van der Waals surface area contributed by atoms with E-state index in [9.17, 15) is 13.2 Å². The van der Waals surface area contributed by atoms with Crippen LogP contribution in [0.3, 0.4) is 0 Å². The lowest BCUT2D eigenvalue weighted by atomic mass is 9.96. The van der Waals surface area contributed by atoms with Crippen molar-refractivity contribution in [2.24, 2.45) is 5.73 Å². The molecule has 1 unspecified atom stereocenters. The van der Waals surface area contributed by atoms with Gasteiger partial charge in [-0.2, -0.15) is 0 Å². The van der Waals surface area contributed by atoms with Crippen molar-refractivity contribution in [2.45, 2.75) is 51.0 Å². The monoisotopic (exact) mass is 425 g/mol. The van der Waals surface area contributed by atoms with Crippen LogP contribution in [0.5, 0.6) is 0 Å². The maximum atomic E-state index is 12.8. The predicted octanol–water partition coefficient (Wildman–Crippen LogP) is 3.98. The zero-order valence-electron chi connectivity index (χ0n) is 16.6. The summed E-state index contributed by atoms with van der Waals surface area (Å²) < 4.78 is 28.2. The molecule has 6 nitrogen and oxygen atoms in total. The zero-order valence-corrected chi connectivity index (χ0v) is 18.2. The second kappa shape index (κ2) is 9.41. The van der Waals surface area contributed by atoms with Gasteiger partial charge in [0.25, 0.3) is 10.0 Å². The molecule has 0 aliphatic carbocycles. The first-order chi connectivity index (χ1) is 12.5. The molecular formula is C20H28ClN3O3S. The van der Waals surface area contributed by atoms with Gasteiger partial charge in [0, 0.05) is 11.4 Å². The van der Waals surface area contributed by atoms with E-state index >= 15 is 0 Å². The first-order valence-corrected chi connectivity index (χ1v) is 10.3. The summed E-state index contributed by atoms with van der Waals surface area (Å²) in [4.78, 5) is 12.5. The number of hydrogen-bond acceptors (Lipinski definition) is 4. The van der Waals surface area contributed by atoms with Gasteiger partial charge in [0.1, 0.15) is 0 Å². The van der Waals surface area contributed by atoms with Gasteiger partial charge in [-0.3, -0.25) is 9.52 Å². The Kier molecular flexibility index (Phi) is 8.05. The number of rotatable bonds is 7. The average molecular weight is 426 g/mol. The minimum Gasteiger partial charge on any atom is -0.324 e. The van der Waals surface area contributed by atoms with Crippen LogP contribution < -0.4 is 15.8 Å². The van der Waals surface area contributed by atoms with Crippen LogP contribution in [-0.4, -0.2) is 19.9 Å². The SMILES string of the molecule is CCCC(C)(N)C(=O)Nc1ccc(C)c(S(=O)(=O)Nc2cccc(C)c2)c1.Cl. The van der Waals surface area contributed by atoms with Crippen molar-refractivity contribution < 1.29 is 13.2 Å². The van der Waals surface area contributed by atoms with E-state index in [0.717, 1.165) is 12.0 Å². The largest absolute Gasteiger partial charge is 0.324 e. The highest BCUT2D eigenvalue weighted by atomic mass is 35.5. The fourth-order valence-corrected chi connectivity index (χ4v) is 4.11. The zero-order chi connectivity index (χ0) is 20.2. The number of carbonyl (C=O) groups excluding carboxylic acids is 1. The van der Waals surface area contributed by atoms with E-state index in [4.69, 9.17) is 5.73 Å². The highest BCUT2D eigenvalue weighted by molar-refractivity contribution is 7.92. The molecule has 0 aliphatic rings. The van der Waals surface area contributed by atoms with Gasteiger partial charge >= 0.3 is 0 Å². The third-order valence-corrected chi connectivity index (χ3v) is 5.82. The molecule has 8 heteroatoms. The van der Waals surface area contributed by atoms with Crippen LogP contribution in [0, 0.1) is 13.8 Å². The molecule has 154 valence electrons. The van der Waals surface area contributed by atoms with Crippen LogP contribution in [-0.2, 0) is 14.8 Å². The van der Waals surface area contributed by atoms with Crippen molar-refractivity contribution in [3.63, 3.8) is 0 Å². The van der Waals surface area contributed by atoms with Gasteiger partial charge < -0.3 is 11.1 Å². The quantitative estimate of drug-likeness (QED) is 0.624. The lowest BCUT2D eigenvalue weighted by Crippen LogP contribution is -2.48. The van der Waals surface area contributed by atoms with Gasteiger partial charge in [-0.05, 0) is 62.6 Å². The summed E-state index contributed by atoms with van der Waals surface area (Å²) in [6.45, 7) is 7.21. The van der Waals surface area contributed by atoms with E-state index in [-0.39, 0.29) is 23.2 Å². The minimum absolute atomic E-state index is 0. The molecule has 0 fully saturated rings. The van der Waals surface area contributed by atoms with Crippen LogP contribution >= 0.6 is 12.4 Å². The normalized spacial score (nSPS) is 13.2. The Balaban J connectivity index is 0.00000392. The third-order valence-electron chi connectivity index (χ3n) is 4.29. The maximum Gasteiger partial charge on any atom is 0.262 e. The van der Waals surface area contributed by atoms with Crippen molar-refractivity contribution in [3.8, 4) is 0 Å². The summed E-state index contributed by atoms with van der Waals surface area (Å²) in [6.07, 6.45) is 1.30. The number of sulfonamides is 1. The molecule has 0 aromatic heterocycles. The Morgan fingerprint density at radius 2 is 1.79 bits per heavy atom. The number of nitrogens with one attached hydrogen (secondary N) is 2. The van der Waals surface area contributed by atoms with Crippen LogP contribution in [0.2, 0.25) is 0 Å². The molecule has 2 rings (SSSR count). The van der Waals surface area contributed by atoms with Crippen molar-refractivity contribution in [2.75, 3.05) is 10.0 Å². The Morgan fingerprint density at radius 3 is 2.39 bits per heavy atom. The number of benzene rings is 2. The molecule has 0 aliphatic heterocycles. The fraction of sp³-hybridized carbons (Fsp3) is 0.350. The minimum atomic E-state index is -3.80. The van der Waals surface area contributed by atoms with Gasteiger partial charge in [-0.25, -0.2) is 8.42 Å². The Morgan fingerprint density at radius 1 is 1.11 bits per heavy atom. The molecule has 0 radical (unpaired) electrons. The molecule has 0 saturated carbocycles. The van der Waals surface area contributed by atoms with Gasteiger partial charge in [0.05, 0.1) is 10.4 Å². The average Bonchev–Trinajstić information content (AvgIpc) is 2.56. The molecule has 0 heterocycles. The standard InChI is InChI=1S/C20H27N3O3S.ClH/c1-5-11-20(4,21)19(24)22-16-10-9-15(3)18(13-16)27(25,26)23-17-8-6-7-14(2)12-17;/h6-10,12-13,23H,5,11,21H2,1-4H3,(H,22,24);1H. The molecule has 0 spiro atoms. The summed E-state index contributed by atoms with van der Waals surface area (Å²) >= 11 is 0. The first-order valence-electron chi connectivity index (χ1n) is 8.85. The molecule has 1 amide bonds. The van der Waals surface area contributed by atoms with Crippen molar-refractivity contribution in [1.82, 2.24) is 0 Å².